The van der Waals surface area contributed by atoms with Crippen molar-refractivity contribution < 1.29 is 0 Å². The van der Waals surface area contributed by atoms with E-state index in [-0.39, 0.29) is 0 Å². The third-order valence-electron chi connectivity index (χ3n) is 5.58. The molecule has 0 spiro atoms. The van der Waals surface area contributed by atoms with Gasteiger partial charge in [0.2, 0.25) is 0 Å². The van der Waals surface area contributed by atoms with Crippen LogP contribution in [0.5, 0.6) is 0 Å². The van der Waals surface area contributed by atoms with E-state index >= 15 is 0 Å². The topological polar surface area (TPSA) is 0 Å². The monoisotopic (exact) mass is 236 g/mol. The van der Waals surface area contributed by atoms with Gasteiger partial charge >= 0.3 is 0 Å². The summed E-state index contributed by atoms with van der Waals surface area (Å²) in [7, 11) is 0. The van der Waals surface area contributed by atoms with Crippen molar-refractivity contribution >= 4 is 0 Å². The first-order valence-electron chi connectivity index (χ1n) is 8.29. The Hall–Kier alpha value is 0. The molecule has 0 aromatic rings. The molecule has 2 rings (SSSR count). The Labute approximate surface area is 109 Å². The molecule has 0 nitrogen and oxygen atoms in total. The summed E-state index contributed by atoms with van der Waals surface area (Å²) in [5.41, 5.74) is 0. The van der Waals surface area contributed by atoms with Gasteiger partial charge in [-0.1, -0.05) is 58.8 Å². The van der Waals surface area contributed by atoms with Gasteiger partial charge in [-0.15, -0.1) is 0 Å². The lowest BCUT2D eigenvalue weighted by Gasteiger charge is -2.37. The van der Waals surface area contributed by atoms with E-state index in [9.17, 15) is 0 Å². The first kappa shape index (κ1) is 13.4. The van der Waals surface area contributed by atoms with Crippen LogP contribution in [0.25, 0.3) is 0 Å². The highest BCUT2D eigenvalue weighted by atomic mass is 14.3. The van der Waals surface area contributed by atoms with E-state index in [0.29, 0.717) is 0 Å². The zero-order valence-corrected chi connectivity index (χ0v) is 12.1. The van der Waals surface area contributed by atoms with E-state index in [1.54, 1.807) is 38.5 Å². The van der Waals surface area contributed by atoms with Crippen LogP contribution in [0.3, 0.4) is 0 Å². The van der Waals surface area contributed by atoms with E-state index in [1.165, 1.54) is 32.1 Å². The molecule has 2 saturated carbocycles. The van der Waals surface area contributed by atoms with Gasteiger partial charge < -0.3 is 0 Å². The lowest BCUT2D eigenvalue weighted by molar-refractivity contribution is 0.147. The van der Waals surface area contributed by atoms with Crippen molar-refractivity contribution in [3.63, 3.8) is 0 Å². The van der Waals surface area contributed by atoms with E-state index in [4.69, 9.17) is 0 Å². The second-order valence-electron chi connectivity index (χ2n) is 6.94. The highest BCUT2D eigenvalue weighted by molar-refractivity contribution is 4.81. The minimum Gasteiger partial charge on any atom is -0.0654 e. The van der Waals surface area contributed by atoms with Gasteiger partial charge in [-0.25, -0.2) is 0 Å². The fraction of sp³-hybridized carbons (Fsp3) is 1.00. The Morgan fingerprint density at radius 3 is 1.82 bits per heavy atom. The van der Waals surface area contributed by atoms with E-state index in [0.717, 1.165) is 23.7 Å². The molecule has 0 aromatic carbocycles. The van der Waals surface area contributed by atoms with Crippen molar-refractivity contribution in [2.24, 2.45) is 23.7 Å². The molecular formula is C17H32. The molecule has 0 aliphatic heterocycles. The Kier molecular flexibility index (Phi) is 5.38. The van der Waals surface area contributed by atoms with Crippen molar-refractivity contribution in [3.05, 3.63) is 0 Å². The Bertz CT molecular complexity index is 192. The van der Waals surface area contributed by atoms with Crippen LogP contribution in [0.2, 0.25) is 0 Å². The van der Waals surface area contributed by atoms with E-state index in [1.807, 2.05) is 0 Å². The molecule has 0 bridgehead atoms. The van der Waals surface area contributed by atoms with Crippen LogP contribution in [0.1, 0.15) is 84.5 Å². The minimum atomic E-state index is 1.02. The van der Waals surface area contributed by atoms with Crippen LogP contribution in [0, 0.1) is 23.7 Å². The van der Waals surface area contributed by atoms with Gasteiger partial charge in [-0.05, 0) is 49.4 Å². The number of hydrogen-bond acceptors (Lipinski definition) is 0. The largest absolute Gasteiger partial charge is 0.0654 e. The summed E-state index contributed by atoms with van der Waals surface area (Å²) in [5, 5.41) is 0. The Balaban J connectivity index is 1.68. The second kappa shape index (κ2) is 6.81. The lowest BCUT2D eigenvalue weighted by atomic mass is 9.69. The van der Waals surface area contributed by atoms with Crippen molar-refractivity contribution in [1.29, 1.82) is 0 Å². The van der Waals surface area contributed by atoms with Gasteiger partial charge in [0.05, 0.1) is 0 Å². The molecule has 2 aliphatic carbocycles. The summed E-state index contributed by atoms with van der Waals surface area (Å²) >= 11 is 0. The minimum absolute atomic E-state index is 1.02. The number of rotatable bonds is 4. The summed E-state index contributed by atoms with van der Waals surface area (Å²) in [4.78, 5) is 0. The lowest BCUT2D eigenvalue weighted by Crippen LogP contribution is -2.25. The molecule has 100 valence electrons. The molecular weight excluding hydrogens is 204 g/mol. The highest BCUT2D eigenvalue weighted by Crippen LogP contribution is 2.42. The molecule has 2 fully saturated rings. The molecule has 0 heteroatoms. The van der Waals surface area contributed by atoms with Crippen LogP contribution < -0.4 is 0 Å². The number of unbranched alkanes of at least 4 members (excludes halogenated alkanes) is 1. The molecule has 0 amide bonds. The summed E-state index contributed by atoms with van der Waals surface area (Å²) in [6, 6.07) is 0. The smallest absolute Gasteiger partial charge is 0.0386 e. The Morgan fingerprint density at radius 1 is 0.765 bits per heavy atom. The van der Waals surface area contributed by atoms with Gasteiger partial charge in [0.15, 0.2) is 0 Å². The zero-order chi connectivity index (χ0) is 12.1. The average Bonchev–Trinajstić information content (AvgIpc) is 2.38. The first-order chi connectivity index (χ1) is 8.29. The van der Waals surface area contributed by atoms with Crippen LogP contribution in [0.4, 0.5) is 0 Å². The zero-order valence-electron chi connectivity index (χ0n) is 12.1. The van der Waals surface area contributed by atoms with Crippen LogP contribution in [-0.2, 0) is 0 Å². The predicted molar refractivity (Wildman–Crippen MR) is 76.1 cm³/mol. The van der Waals surface area contributed by atoms with Crippen LogP contribution in [0.15, 0.2) is 0 Å². The van der Waals surface area contributed by atoms with Crippen molar-refractivity contribution in [2.45, 2.75) is 84.5 Å². The molecule has 0 radical (unpaired) electrons. The number of hydrogen-bond donors (Lipinski definition) is 0. The second-order valence-corrected chi connectivity index (χ2v) is 6.94. The van der Waals surface area contributed by atoms with Crippen LogP contribution in [-0.4, -0.2) is 0 Å². The maximum atomic E-state index is 2.44. The molecule has 0 atom stereocenters. The molecule has 0 N–H and O–H groups in total. The van der Waals surface area contributed by atoms with E-state index in [2.05, 4.69) is 13.8 Å². The fourth-order valence-corrected chi connectivity index (χ4v) is 4.20. The van der Waals surface area contributed by atoms with Crippen molar-refractivity contribution in [3.8, 4) is 0 Å². The maximum absolute atomic E-state index is 2.44. The molecule has 0 unspecified atom stereocenters. The van der Waals surface area contributed by atoms with Gasteiger partial charge in [-0.3, -0.25) is 0 Å². The fourth-order valence-electron chi connectivity index (χ4n) is 4.20. The summed E-state index contributed by atoms with van der Waals surface area (Å²) in [5.74, 6) is 4.33. The molecule has 2 aliphatic rings. The molecule has 0 heterocycles. The quantitative estimate of drug-likeness (QED) is 0.578. The highest BCUT2D eigenvalue weighted by Gasteiger charge is 2.29. The van der Waals surface area contributed by atoms with E-state index < -0.39 is 0 Å². The molecule has 0 aromatic heterocycles. The van der Waals surface area contributed by atoms with Crippen molar-refractivity contribution in [2.75, 3.05) is 0 Å². The third-order valence-corrected chi connectivity index (χ3v) is 5.58. The third kappa shape index (κ3) is 4.00. The summed E-state index contributed by atoms with van der Waals surface area (Å²) in [6.45, 7) is 4.77. The predicted octanol–water partition coefficient (Wildman–Crippen LogP) is 5.81. The average molecular weight is 236 g/mol. The van der Waals surface area contributed by atoms with Crippen molar-refractivity contribution in [1.82, 2.24) is 0 Å². The maximum Gasteiger partial charge on any atom is -0.0386 e. The van der Waals surface area contributed by atoms with Crippen LogP contribution >= 0.6 is 0 Å². The summed E-state index contributed by atoms with van der Waals surface area (Å²) in [6.07, 6.45) is 16.7. The normalized spacial score (nSPS) is 39.2. The van der Waals surface area contributed by atoms with Gasteiger partial charge in [-0.2, -0.15) is 0 Å². The van der Waals surface area contributed by atoms with Gasteiger partial charge in [0.1, 0.15) is 0 Å². The Morgan fingerprint density at radius 2 is 1.29 bits per heavy atom. The summed E-state index contributed by atoms with van der Waals surface area (Å²) < 4.78 is 0. The SMILES string of the molecule is CCCCC1CCC([C@H]2CC[C@H](C)CC2)CC1. The van der Waals surface area contributed by atoms with Gasteiger partial charge in [0.25, 0.3) is 0 Å². The standard InChI is InChI=1S/C17H32/c1-3-4-5-15-8-12-17(13-9-15)16-10-6-14(2)7-11-16/h14-17H,3-13H2,1-2H3/t14-,15?,16-,17?. The molecule has 0 saturated heterocycles. The van der Waals surface area contributed by atoms with Gasteiger partial charge in [0, 0.05) is 0 Å². The first-order valence-corrected chi connectivity index (χ1v) is 8.29. The molecule has 17 heavy (non-hydrogen) atoms.